The average Bonchev–Trinajstić information content (AvgIpc) is 3.08. The summed E-state index contributed by atoms with van der Waals surface area (Å²) >= 11 is 0. The predicted octanol–water partition coefficient (Wildman–Crippen LogP) is 0.871. The molecule has 4 heteroatoms. The first kappa shape index (κ1) is 13.5. The van der Waals surface area contributed by atoms with Gasteiger partial charge in [0.2, 0.25) is 5.91 Å². The zero-order valence-corrected chi connectivity index (χ0v) is 10.5. The largest absolute Gasteiger partial charge is 0.379 e. The van der Waals surface area contributed by atoms with Crippen molar-refractivity contribution in [3.63, 3.8) is 0 Å². The van der Waals surface area contributed by atoms with Gasteiger partial charge in [0.25, 0.3) is 0 Å². The summed E-state index contributed by atoms with van der Waals surface area (Å²) in [5.41, 5.74) is 0. The molecule has 0 bridgehead atoms. The van der Waals surface area contributed by atoms with Gasteiger partial charge < -0.3 is 15.0 Å². The Kier molecular flexibility index (Phi) is 6.42. The second kappa shape index (κ2) is 7.63. The molecule has 0 aromatic carbocycles. The van der Waals surface area contributed by atoms with E-state index in [0.717, 1.165) is 25.5 Å². The van der Waals surface area contributed by atoms with E-state index in [0.29, 0.717) is 19.6 Å². The Hall–Kier alpha value is -0.610. The first-order chi connectivity index (χ1) is 7.74. The predicted molar refractivity (Wildman–Crippen MR) is 64.3 cm³/mol. The Balaban J connectivity index is 1.94. The van der Waals surface area contributed by atoms with Crippen molar-refractivity contribution in [2.45, 2.75) is 25.7 Å². The van der Waals surface area contributed by atoms with Crippen LogP contribution in [0.15, 0.2) is 0 Å². The van der Waals surface area contributed by atoms with E-state index < -0.39 is 0 Å². The van der Waals surface area contributed by atoms with Crippen LogP contribution in [0.1, 0.15) is 25.7 Å². The molecule has 94 valence electrons. The second-order valence-corrected chi connectivity index (χ2v) is 4.54. The number of rotatable bonds is 9. The van der Waals surface area contributed by atoms with E-state index in [1.807, 2.05) is 14.1 Å². The summed E-state index contributed by atoms with van der Waals surface area (Å²) in [5.74, 6) is 1.02. The van der Waals surface area contributed by atoms with Crippen molar-refractivity contribution in [2.75, 3.05) is 40.4 Å². The van der Waals surface area contributed by atoms with Crippen LogP contribution in [0.2, 0.25) is 0 Å². The zero-order valence-electron chi connectivity index (χ0n) is 10.5. The molecular weight excluding hydrogens is 204 g/mol. The van der Waals surface area contributed by atoms with E-state index in [1.165, 1.54) is 12.8 Å². The summed E-state index contributed by atoms with van der Waals surface area (Å²) in [4.78, 5) is 13.4. The van der Waals surface area contributed by atoms with Crippen molar-refractivity contribution in [3.8, 4) is 0 Å². The molecule has 0 heterocycles. The van der Waals surface area contributed by atoms with E-state index in [-0.39, 0.29) is 5.91 Å². The second-order valence-electron chi connectivity index (χ2n) is 4.54. The van der Waals surface area contributed by atoms with E-state index in [9.17, 15) is 4.79 Å². The van der Waals surface area contributed by atoms with Crippen LogP contribution in [-0.2, 0) is 9.53 Å². The first-order valence-corrected chi connectivity index (χ1v) is 6.20. The molecule has 4 nitrogen and oxygen atoms in total. The monoisotopic (exact) mass is 228 g/mol. The lowest BCUT2D eigenvalue weighted by Crippen LogP contribution is -2.30. The molecule has 0 radical (unpaired) electrons. The van der Waals surface area contributed by atoms with Crippen LogP contribution in [0, 0.1) is 5.92 Å². The fourth-order valence-corrected chi connectivity index (χ4v) is 1.47. The first-order valence-electron chi connectivity index (χ1n) is 6.20. The topological polar surface area (TPSA) is 41.6 Å². The quantitative estimate of drug-likeness (QED) is 0.595. The maximum atomic E-state index is 11.6. The number of ether oxygens (including phenoxy) is 1. The van der Waals surface area contributed by atoms with Gasteiger partial charge >= 0.3 is 0 Å². The molecule has 0 aromatic heterocycles. The van der Waals surface area contributed by atoms with Gasteiger partial charge in [0.05, 0.1) is 6.61 Å². The summed E-state index contributed by atoms with van der Waals surface area (Å²) in [5, 5.41) is 3.04. The van der Waals surface area contributed by atoms with Crippen molar-refractivity contribution in [1.29, 1.82) is 0 Å². The number of likely N-dealkylation sites (N-methyl/N-ethyl adjacent to an activating group) is 1. The van der Waals surface area contributed by atoms with E-state index in [4.69, 9.17) is 4.74 Å². The Morgan fingerprint density at radius 3 is 2.88 bits per heavy atom. The van der Waals surface area contributed by atoms with Crippen LogP contribution in [-0.4, -0.2) is 51.2 Å². The van der Waals surface area contributed by atoms with Gasteiger partial charge in [-0.25, -0.2) is 0 Å². The number of nitrogens with zero attached hydrogens (tertiary/aromatic N) is 1. The fourth-order valence-electron chi connectivity index (χ4n) is 1.47. The molecule has 1 aliphatic rings. The standard InChI is InChI=1S/C12H24N2O2/c1-13-7-3-4-12(15)14(2)8-9-16-10-11-5-6-11/h11,13H,3-10H2,1-2H3. The van der Waals surface area contributed by atoms with Gasteiger partial charge in [0, 0.05) is 26.6 Å². The zero-order chi connectivity index (χ0) is 11.8. The number of nitrogens with one attached hydrogen (secondary N) is 1. The van der Waals surface area contributed by atoms with Gasteiger partial charge in [0.15, 0.2) is 0 Å². The lowest BCUT2D eigenvalue weighted by Gasteiger charge is -2.17. The van der Waals surface area contributed by atoms with Crippen LogP contribution in [0.4, 0.5) is 0 Å². The van der Waals surface area contributed by atoms with Crippen molar-refractivity contribution in [3.05, 3.63) is 0 Å². The molecule has 1 rings (SSSR count). The summed E-state index contributed by atoms with van der Waals surface area (Å²) in [6.45, 7) is 3.16. The van der Waals surface area contributed by atoms with Crippen LogP contribution in [0.3, 0.4) is 0 Å². The number of amides is 1. The van der Waals surface area contributed by atoms with E-state index in [1.54, 1.807) is 4.90 Å². The van der Waals surface area contributed by atoms with E-state index in [2.05, 4.69) is 5.32 Å². The van der Waals surface area contributed by atoms with Crippen LogP contribution < -0.4 is 5.32 Å². The summed E-state index contributed by atoms with van der Waals surface area (Å²) < 4.78 is 5.50. The van der Waals surface area contributed by atoms with Gasteiger partial charge in [-0.15, -0.1) is 0 Å². The highest BCUT2D eigenvalue weighted by Crippen LogP contribution is 2.28. The molecule has 16 heavy (non-hydrogen) atoms. The fraction of sp³-hybridized carbons (Fsp3) is 0.917. The highest BCUT2D eigenvalue weighted by atomic mass is 16.5. The van der Waals surface area contributed by atoms with Crippen molar-refractivity contribution in [1.82, 2.24) is 10.2 Å². The summed E-state index contributed by atoms with van der Waals surface area (Å²) in [6, 6.07) is 0. The number of hydrogen-bond acceptors (Lipinski definition) is 3. The minimum Gasteiger partial charge on any atom is -0.379 e. The smallest absolute Gasteiger partial charge is 0.222 e. The lowest BCUT2D eigenvalue weighted by atomic mass is 10.3. The van der Waals surface area contributed by atoms with Gasteiger partial charge in [-0.1, -0.05) is 0 Å². The number of hydrogen-bond donors (Lipinski definition) is 1. The van der Waals surface area contributed by atoms with Crippen molar-refractivity contribution in [2.24, 2.45) is 5.92 Å². The van der Waals surface area contributed by atoms with Crippen molar-refractivity contribution >= 4 is 5.91 Å². The van der Waals surface area contributed by atoms with Crippen LogP contribution in [0.25, 0.3) is 0 Å². The molecule has 0 aromatic rings. The molecule has 0 atom stereocenters. The van der Waals surface area contributed by atoms with E-state index >= 15 is 0 Å². The third-order valence-electron chi connectivity index (χ3n) is 2.86. The highest BCUT2D eigenvalue weighted by Gasteiger charge is 2.21. The SMILES string of the molecule is CNCCCC(=O)N(C)CCOCC1CC1. The molecule has 1 fully saturated rings. The summed E-state index contributed by atoms with van der Waals surface area (Å²) in [6.07, 6.45) is 4.17. The molecule has 1 N–H and O–H groups in total. The number of carbonyl (C=O) groups is 1. The maximum absolute atomic E-state index is 11.6. The molecule has 1 saturated carbocycles. The molecule has 0 spiro atoms. The van der Waals surface area contributed by atoms with Gasteiger partial charge in [0.1, 0.15) is 0 Å². The minimum absolute atomic E-state index is 0.213. The van der Waals surface area contributed by atoms with Gasteiger partial charge in [-0.2, -0.15) is 0 Å². The maximum Gasteiger partial charge on any atom is 0.222 e. The minimum atomic E-state index is 0.213. The normalized spacial score (nSPS) is 15.1. The Bertz CT molecular complexity index is 205. The third kappa shape index (κ3) is 6.08. The Labute approximate surface area is 98.3 Å². The highest BCUT2D eigenvalue weighted by molar-refractivity contribution is 5.75. The summed E-state index contributed by atoms with van der Waals surface area (Å²) in [7, 11) is 3.75. The van der Waals surface area contributed by atoms with Crippen LogP contribution >= 0.6 is 0 Å². The van der Waals surface area contributed by atoms with Gasteiger partial charge in [-0.05, 0) is 38.8 Å². The van der Waals surface area contributed by atoms with Gasteiger partial charge in [-0.3, -0.25) is 4.79 Å². The lowest BCUT2D eigenvalue weighted by molar-refractivity contribution is -0.130. The Morgan fingerprint density at radius 1 is 1.50 bits per heavy atom. The molecule has 0 saturated heterocycles. The molecule has 1 amide bonds. The van der Waals surface area contributed by atoms with Crippen molar-refractivity contribution < 1.29 is 9.53 Å². The number of carbonyl (C=O) groups excluding carboxylic acids is 1. The van der Waals surface area contributed by atoms with Crippen LogP contribution in [0.5, 0.6) is 0 Å². The molecular formula is C12H24N2O2. The third-order valence-corrected chi connectivity index (χ3v) is 2.86. The molecule has 0 aliphatic heterocycles. The Morgan fingerprint density at radius 2 is 2.25 bits per heavy atom. The molecule has 0 unspecified atom stereocenters. The average molecular weight is 228 g/mol. The molecule has 1 aliphatic carbocycles.